The van der Waals surface area contributed by atoms with Crippen LogP contribution >= 0.6 is 0 Å². The van der Waals surface area contributed by atoms with Crippen LogP contribution in [0.5, 0.6) is 23.0 Å². The summed E-state index contributed by atoms with van der Waals surface area (Å²) in [6, 6.07) is 10.4. The summed E-state index contributed by atoms with van der Waals surface area (Å²) in [4.78, 5) is 15.4. The Morgan fingerprint density at radius 1 is 0.811 bits per heavy atom. The number of nitrogens with zero attached hydrogens (tertiary/aromatic N) is 1. The molecule has 1 aromatic heterocycles. The highest BCUT2D eigenvalue weighted by Gasteiger charge is 2.17. The summed E-state index contributed by atoms with van der Waals surface area (Å²) >= 11 is 0. The molecule has 0 amide bonds. The first kappa shape index (κ1) is 26.9. The fourth-order valence-corrected chi connectivity index (χ4v) is 4.93. The van der Waals surface area contributed by atoms with E-state index in [1.807, 2.05) is 6.07 Å². The lowest BCUT2D eigenvalue weighted by atomic mass is 10.1. The van der Waals surface area contributed by atoms with Crippen LogP contribution in [0.15, 0.2) is 45.6 Å². The van der Waals surface area contributed by atoms with E-state index in [1.54, 1.807) is 45.6 Å². The summed E-state index contributed by atoms with van der Waals surface area (Å²) in [7, 11) is 4.65. The van der Waals surface area contributed by atoms with Gasteiger partial charge in [-0.15, -0.1) is 0 Å². The molecule has 37 heavy (non-hydrogen) atoms. The molecule has 4 rings (SSSR count). The van der Waals surface area contributed by atoms with Gasteiger partial charge in [-0.25, -0.2) is 0 Å². The van der Waals surface area contributed by atoms with Crippen molar-refractivity contribution in [3.05, 3.63) is 46.6 Å². The number of hydrogen-bond acceptors (Lipinski definition) is 7. The molecule has 1 fully saturated rings. The van der Waals surface area contributed by atoms with Gasteiger partial charge in [0.25, 0.3) is 0 Å². The molecule has 7 nitrogen and oxygen atoms in total. The number of likely N-dealkylation sites (tertiary alicyclic amines) is 1. The monoisotopic (exact) mass is 509 g/mol. The average molecular weight is 510 g/mol. The Kier molecular flexibility index (Phi) is 9.71. The van der Waals surface area contributed by atoms with E-state index >= 15 is 0 Å². The normalized spacial score (nSPS) is 13.7. The molecule has 7 heteroatoms. The van der Waals surface area contributed by atoms with Gasteiger partial charge in [-0.1, -0.05) is 25.7 Å². The van der Waals surface area contributed by atoms with Crippen LogP contribution < -0.4 is 24.4 Å². The number of methoxy groups -OCH3 is 3. The molecule has 0 radical (unpaired) electrons. The van der Waals surface area contributed by atoms with Crippen molar-refractivity contribution in [2.45, 2.75) is 51.4 Å². The smallest absolute Gasteiger partial charge is 0.203 e. The molecule has 0 N–H and O–H groups in total. The number of rotatable bonds is 14. The maximum atomic E-state index is 12.8. The van der Waals surface area contributed by atoms with Crippen LogP contribution in [0.3, 0.4) is 0 Å². The van der Waals surface area contributed by atoms with Crippen molar-refractivity contribution < 1.29 is 23.4 Å². The number of benzene rings is 2. The van der Waals surface area contributed by atoms with Gasteiger partial charge in [0.1, 0.15) is 17.1 Å². The van der Waals surface area contributed by atoms with Crippen molar-refractivity contribution in [1.29, 1.82) is 0 Å². The number of hydrogen-bond donors (Lipinski definition) is 0. The molecule has 2 heterocycles. The van der Waals surface area contributed by atoms with Crippen molar-refractivity contribution in [3.8, 4) is 34.3 Å². The first-order chi connectivity index (χ1) is 18.1. The number of ether oxygens (including phenoxy) is 4. The van der Waals surface area contributed by atoms with Gasteiger partial charge in [-0.2, -0.15) is 0 Å². The number of fused-ring (bicyclic) bond motifs is 1. The standard InChI is InChI=1S/C30H39NO6/c1-33-28-18-22(19-29(34-2)30(28)35-3)26-21-25(32)24-13-12-23(20-27(24)37-26)36-17-11-7-5-4-6-8-14-31-15-9-10-16-31/h12-13,18-21H,4-11,14-17H2,1-3H3. The third-order valence-corrected chi connectivity index (χ3v) is 6.99. The van der Waals surface area contributed by atoms with Crippen molar-refractivity contribution >= 4 is 11.0 Å². The zero-order chi connectivity index (χ0) is 26.0. The second-order valence-electron chi connectivity index (χ2n) is 9.57. The highest BCUT2D eigenvalue weighted by molar-refractivity contribution is 5.80. The van der Waals surface area contributed by atoms with E-state index in [0.717, 1.165) is 12.8 Å². The van der Waals surface area contributed by atoms with E-state index < -0.39 is 0 Å². The first-order valence-corrected chi connectivity index (χ1v) is 13.4. The molecule has 0 aliphatic carbocycles. The quantitative estimate of drug-likeness (QED) is 0.236. The Morgan fingerprint density at radius 3 is 2.16 bits per heavy atom. The lowest BCUT2D eigenvalue weighted by Gasteiger charge is -2.14. The topological polar surface area (TPSA) is 70.4 Å². The molecule has 0 unspecified atom stereocenters. The van der Waals surface area contributed by atoms with Gasteiger partial charge in [-0.05, 0) is 69.6 Å². The Bertz CT molecular complexity index is 1190. The van der Waals surface area contributed by atoms with Crippen molar-refractivity contribution in [2.24, 2.45) is 0 Å². The summed E-state index contributed by atoms with van der Waals surface area (Å²) in [5, 5.41) is 0.512. The fourth-order valence-electron chi connectivity index (χ4n) is 4.93. The highest BCUT2D eigenvalue weighted by Crippen LogP contribution is 2.41. The van der Waals surface area contributed by atoms with Gasteiger partial charge in [-0.3, -0.25) is 4.79 Å². The van der Waals surface area contributed by atoms with E-state index in [9.17, 15) is 4.79 Å². The molecule has 3 aromatic rings. The molecule has 0 spiro atoms. The van der Waals surface area contributed by atoms with E-state index in [0.29, 0.717) is 51.9 Å². The maximum Gasteiger partial charge on any atom is 0.203 e. The summed E-state index contributed by atoms with van der Waals surface area (Å²) in [6.45, 7) is 4.50. The molecule has 2 aromatic carbocycles. The van der Waals surface area contributed by atoms with Crippen LogP contribution in [0.1, 0.15) is 51.4 Å². The van der Waals surface area contributed by atoms with Crippen LogP contribution in [-0.2, 0) is 0 Å². The zero-order valence-electron chi connectivity index (χ0n) is 22.3. The Morgan fingerprint density at radius 2 is 1.49 bits per heavy atom. The van der Waals surface area contributed by atoms with E-state index in [1.165, 1.54) is 64.2 Å². The molecule has 0 bridgehead atoms. The molecule has 1 aliphatic heterocycles. The average Bonchev–Trinajstić information content (AvgIpc) is 3.44. The van der Waals surface area contributed by atoms with Crippen molar-refractivity contribution in [2.75, 3.05) is 47.6 Å². The molecule has 1 aliphatic rings. The van der Waals surface area contributed by atoms with E-state index in [2.05, 4.69) is 4.90 Å². The molecule has 0 saturated carbocycles. The Labute approximate surface area is 219 Å². The van der Waals surface area contributed by atoms with Gasteiger partial charge in [0.05, 0.1) is 33.3 Å². The minimum absolute atomic E-state index is 0.124. The van der Waals surface area contributed by atoms with Crippen LogP contribution in [0.25, 0.3) is 22.3 Å². The van der Waals surface area contributed by atoms with Crippen molar-refractivity contribution in [3.63, 3.8) is 0 Å². The van der Waals surface area contributed by atoms with Crippen molar-refractivity contribution in [1.82, 2.24) is 4.90 Å². The minimum atomic E-state index is -0.124. The Balaban J connectivity index is 1.33. The number of unbranched alkanes of at least 4 members (excludes halogenated alkanes) is 5. The third-order valence-electron chi connectivity index (χ3n) is 6.99. The molecule has 0 atom stereocenters. The predicted octanol–water partition coefficient (Wildman–Crippen LogP) is 6.30. The zero-order valence-corrected chi connectivity index (χ0v) is 22.3. The summed E-state index contributed by atoms with van der Waals surface area (Å²) in [5.74, 6) is 2.57. The van der Waals surface area contributed by atoms with Gasteiger partial charge < -0.3 is 28.3 Å². The summed E-state index contributed by atoms with van der Waals surface area (Å²) in [6.07, 6.45) is 10.1. The molecule has 200 valence electrons. The summed E-state index contributed by atoms with van der Waals surface area (Å²) in [5.41, 5.74) is 1.01. The van der Waals surface area contributed by atoms with Gasteiger partial charge in [0.2, 0.25) is 5.75 Å². The largest absolute Gasteiger partial charge is 0.493 e. The lowest BCUT2D eigenvalue weighted by molar-refractivity contribution is 0.302. The van der Waals surface area contributed by atoms with Gasteiger partial charge >= 0.3 is 0 Å². The maximum absolute atomic E-state index is 12.8. The van der Waals surface area contributed by atoms with E-state index in [-0.39, 0.29) is 5.43 Å². The van der Waals surface area contributed by atoms with E-state index in [4.69, 9.17) is 23.4 Å². The second-order valence-corrected chi connectivity index (χ2v) is 9.57. The molecular formula is C30H39NO6. The second kappa shape index (κ2) is 13.4. The first-order valence-electron chi connectivity index (χ1n) is 13.4. The van der Waals surface area contributed by atoms with Crippen LogP contribution in [0, 0.1) is 0 Å². The Hall–Kier alpha value is -3.19. The van der Waals surface area contributed by atoms with Crippen LogP contribution in [0.2, 0.25) is 0 Å². The van der Waals surface area contributed by atoms with Crippen LogP contribution in [-0.4, -0.2) is 52.5 Å². The highest BCUT2D eigenvalue weighted by atomic mass is 16.5. The summed E-state index contributed by atoms with van der Waals surface area (Å²) < 4.78 is 28.4. The molecular weight excluding hydrogens is 470 g/mol. The third kappa shape index (κ3) is 6.98. The van der Waals surface area contributed by atoms with Crippen LogP contribution in [0.4, 0.5) is 0 Å². The minimum Gasteiger partial charge on any atom is -0.493 e. The van der Waals surface area contributed by atoms with Gasteiger partial charge in [0, 0.05) is 17.7 Å². The fraction of sp³-hybridized carbons (Fsp3) is 0.500. The molecule has 1 saturated heterocycles. The lowest BCUT2D eigenvalue weighted by Crippen LogP contribution is -2.20. The van der Waals surface area contributed by atoms with Gasteiger partial charge in [0.15, 0.2) is 16.9 Å². The predicted molar refractivity (Wildman–Crippen MR) is 146 cm³/mol. The SMILES string of the molecule is COc1cc(-c2cc(=O)c3ccc(OCCCCCCCCN4CCCC4)cc3o2)cc(OC)c1OC.